The largest absolute Gasteiger partial charge is 0.469 e. The highest BCUT2D eigenvalue weighted by atomic mass is 16.3. The van der Waals surface area contributed by atoms with Gasteiger partial charge in [0.1, 0.15) is 11.6 Å². The summed E-state index contributed by atoms with van der Waals surface area (Å²) in [6.07, 6.45) is 4.24. The average molecular weight is 323 g/mol. The highest BCUT2D eigenvalue weighted by molar-refractivity contribution is 5.95. The molecule has 5 heteroatoms. The van der Waals surface area contributed by atoms with Crippen LogP contribution in [0.2, 0.25) is 0 Å². The zero-order chi connectivity index (χ0) is 16.7. The third-order valence-electron chi connectivity index (χ3n) is 4.78. The fourth-order valence-electron chi connectivity index (χ4n) is 3.55. The molecule has 5 nitrogen and oxygen atoms in total. The molecule has 0 saturated carbocycles. The summed E-state index contributed by atoms with van der Waals surface area (Å²) < 4.78 is 5.43. The summed E-state index contributed by atoms with van der Waals surface area (Å²) in [6.45, 7) is 4.82. The summed E-state index contributed by atoms with van der Waals surface area (Å²) in [4.78, 5) is 23.0. The molecular weight excluding hydrogens is 302 g/mol. The minimum Gasteiger partial charge on any atom is -0.469 e. The number of carbonyl (C=O) groups excluding carboxylic acids is 1. The lowest BCUT2D eigenvalue weighted by Gasteiger charge is -2.23. The van der Waals surface area contributed by atoms with E-state index in [2.05, 4.69) is 24.0 Å². The summed E-state index contributed by atoms with van der Waals surface area (Å²) in [5.41, 5.74) is 3.86. The Bertz CT molecular complexity index is 893. The van der Waals surface area contributed by atoms with Crippen molar-refractivity contribution in [2.24, 2.45) is 0 Å². The van der Waals surface area contributed by atoms with Gasteiger partial charge in [-0.25, -0.2) is 4.98 Å². The molecule has 2 aromatic heterocycles. The molecule has 24 heavy (non-hydrogen) atoms. The normalized spacial score (nSPS) is 17.8. The number of nitrogens with zero attached hydrogens (tertiary/aromatic N) is 2. The molecule has 0 bridgehead atoms. The number of likely N-dealkylation sites (tertiary alicyclic amines) is 1. The number of aryl methyl sites for hydroxylation is 2. The molecule has 1 saturated heterocycles. The molecule has 4 rings (SSSR count). The summed E-state index contributed by atoms with van der Waals surface area (Å²) in [6, 6.07) is 7.96. The van der Waals surface area contributed by atoms with Crippen LogP contribution in [0.25, 0.3) is 11.0 Å². The minimum absolute atomic E-state index is 0.00446. The Morgan fingerprint density at radius 3 is 3.12 bits per heavy atom. The molecule has 124 valence electrons. The van der Waals surface area contributed by atoms with Crippen molar-refractivity contribution in [2.75, 3.05) is 6.54 Å². The standard InChI is InChI=1S/C19H21N3O2/c1-3-17-13(8-10-24-17)19(23)22-9-4-5-16(22)18-20-14-7-6-12(2)11-15(14)21-18/h6-8,10-11,16H,3-5,9H2,1-2H3,(H,20,21). The number of fused-ring (bicyclic) bond motifs is 1. The van der Waals surface area contributed by atoms with Crippen LogP contribution in [0.4, 0.5) is 0 Å². The van der Waals surface area contributed by atoms with E-state index in [0.29, 0.717) is 5.56 Å². The zero-order valence-corrected chi connectivity index (χ0v) is 14.0. The molecule has 1 aliphatic rings. The van der Waals surface area contributed by atoms with Crippen molar-refractivity contribution in [1.82, 2.24) is 14.9 Å². The van der Waals surface area contributed by atoms with Gasteiger partial charge in [0.2, 0.25) is 0 Å². The monoisotopic (exact) mass is 323 g/mol. The summed E-state index contributed by atoms with van der Waals surface area (Å²) in [5.74, 6) is 1.67. The maximum absolute atomic E-state index is 13.0. The Kier molecular flexibility index (Phi) is 3.63. The Morgan fingerprint density at radius 1 is 1.42 bits per heavy atom. The highest BCUT2D eigenvalue weighted by Gasteiger charge is 2.34. The number of nitrogens with one attached hydrogen (secondary N) is 1. The van der Waals surface area contributed by atoms with Gasteiger partial charge in [0.25, 0.3) is 5.91 Å². The Hall–Kier alpha value is -2.56. The number of aromatic amines is 1. The molecule has 0 radical (unpaired) electrons. The van der Waals surface area contributed by atoms with Crippen molar-refractivity contribution in [3.63, 3.8) is 0 Å². The van der Waals surface area contributed by atoms with Crippen LogP contribution in [-0.2, 0) is 6.42 Å². The first-order valence-corrected chi connectivity index (χ1v) is 8.51. The summed E-state index contributed by atoms with van der Waals surface area (Å²) in [7, 11) is 0. The number of benzene rings is 1. The molecule has 1 fully saturated rings. The molecule has 0 aliphatic carbocycles. The molecule has 1 amide bonds. The molecule has 1 atom stereocenters. The first-order valence-electron chi connectivity index (χ1n) is 8.51. The molecule has 1 unspecified atom stereocenters. The van der Waals surface area contributed by atoms with E-state index < -0.39 is 0 Å². The third kappa shape index (κ3) is 2.40. The number of aromatic nitrogens is 2. The number of hydrogen-bond donors (Lipinski definition) is 1. The number of furan rings is 1. The van der Waals surface area contributed by atoms with Crippen LogP contribution < -0.4 is 0 Å². The second-order valence-electron chi connectivity index (χ2n) is 6.41. The van der Waals surface area contributed by atoms with E-state index in [0.717, 1.165) is 48.4 Å². The maximum atomic E-state index is 13.0. The molecular formula is C19H21N3O2. The van der Waals surface area contributed by atoms with Crippen LogP contribution in [0.1, 0.15) is 53.3 Å². The van der Waals surface area contributed by atoms with Gasteiger partial charge < -0.3 is 14.3 Å². The van der Waals surface area contributed by atoms with E-state index in [4.69, 9.17) is 9.40 Å². The number of amides is 1. The molecule has 0 spiro atoms. The highest BCUT2D eigenvalue weighted by Crippen LogP contribution is 2.33. The fraction of sp³-hybridized carbons (Fsp3) is 0.368. The SMILES string of the molecule is CCc1occc1C(=O)N1CCCC1c1nc2ccc(C)cc2[nH]1. The van der Waals surface area contributed by atoms with E-state index in [9.17, 15) is 4.79 Å². The quantitative estimate of drug-likeness (QED) is 0.792. The van der Waals surface area contributed by atoms with E-state index in [-0.39, 0.29) is 11.9 Å². The lowest BCUT2D eigenvalue weighted by molar-refractivity contribution is 0.0728. The number of rotatable bonds is 3. The van der Waals surface area contributed by atoms with E-state index in [1.54, 1.807) is 12.3 Å². The predicted octanol–water partition coefficient (Wildman–Crippen LogP) is 4.00. The van der Waals surface area contributed by atoms with Crippen molar-refractivity contribution in [3.05, 3.63) is 53.2 Å². The number of hydrogen-bond acceptors (Lipinski definition) is 3. The number of carbonyl (C=O) groups is 1. The molecule has 1 N–H and O–H groups in total. The van der Waals surface area contributed by atoms with Gasteiger partial charge in [-0.1, -0.05) is 13.0 Å². The van der Waals surface area contributed by atoms with Crippen molar-refractivity contribution in [2.45, 2.75) is 39.2 Å². The number of imidazole rings is 1. The van der Waals surface area contributed by atoms with Gasteiger partial charge in [0.15, 0.2) is 0 Å². The first-order chi connectivity index (χ1) is 11.7. The Labute approximate surface area is 140 Å². The van der Waals surface area contributed by atoms with Crippen LogP contribution in [0.15, 0.2) is 34.9 Å². The molecule has 1 aliphatic heterocycles. The summed E-state index contributed by atoms with van der Waals surface area (Å²) >= 11 is 0. The van der Waals surface area contributed by atoms with Gasteiger partial charge in [0, 0.05) is 13.0 Å². The van der Waals surface area contributed by atoms with Crippen molar-refractivity contribution < 1.29 is 9.21 Å². The minimum atomic E-state index is 0.00446. The summed E-state index contributed by atoms with van der Waals surface area (Å²) in [5, 5.41) is 0. The third-order valence-corrected chi connectivity index (χ3v) is 4.78. The van der Waals surface area contributed by atoms with Crippen molar-refractivity contribution >= 4 is 16.9 Å². The van der Waals surface area contributed by atoms with Crippen molar-refractivity contribution in [3.8, 4) is 0 Å². The van der Waals surface area contributed by atoms with Crippen molar-refractivity contribution in [1.29, 1.82) is 0 Å². The van der Waals surface area contributed by atoms with Crippen LogP contribution >= 0.6 is 0 Å². The topological polar surface area (TPSA) is 62.1 Å². The maximum Gasteiger partial charge on any atom is 0.258 e. The molecule has 1 aromatic carbocycles. The fourth-order valence-corrected chi connectivity index (χ4v) is 3.55. The first kappa shape index (κ1) is 15.0. The zero-order valence-electron chi connectivity index (χ0n) is 14.0. The Balaban J connectivity index is 1.67. The molecule has 3 heterocycles. The van der Waals surface area contributed by atoms with Gasteiger partial charge in [-0.2, -0.15) is 0 Å². The van der Waals surface area contributed by atoms with Crippen LogP contribution in [-0.4, -0.2) is 27.3 Å². The lowest BCUT2D eigenvalue weighted by Crippen LogP contribution is -2.31. The van der Waals surface area contributed by atoms with Crippen LogP contribution in [0.3, 0.4) is 0 Å². The van der Waals surface area contributed by atoms with Gasteiger partial charge in [-0.15, -0.1) is 0 Å². The van der Waals surface area contributed by atoms with E-state index in [1.807, 2.05) is 17.9 Å². The van der Waals surface area contributed by atoms with E-state index in [1.165, 1.54) is 5.56 Å². The van der Waals surface area contributed by atoms with Gasteiger partial charge >= 0.3 is 0 Å². The van der Waals surface area contributed by atoms with Crippen LogP contribution in [0, 0.1) is 6.92 Å². The van der Waals surface area contributed by atoms with Crippen LogP contribution in [0.5, 0.6) is 0 Å². The second-order valence-corrected chi connectivity index (χ2v) is 6.41. The second kappa shape index (κ2) is 5.82. The lowest BCUT2D eigenvalue weighted by atomic mass is 10.1. The predicted molar refractivity (Wildman–Crippen MR) is 91.9 cm³/mol. The Morgan fingerprint density at radius 2 is 2.29 bits per heavy atom. The average Bonchev–Trinajstić information content (AvgIpc) is 3.30. The number of H-pyrrole nitrogens is 1. The van der Waals surface area contributed by atoms with Gasteiger partial charge in [0.05, 0.1) is 28.9 Å². The van der Waals surface area contributed by atoms with Gasteiger partial charge in [-0.05, 0) is 43.5 Å². The van der Waals surface area contributed by atoms with Gasteiger partial charge in [-0.3, -0.25) is 4.79 Å². The van der Waals surface area contributed by atoms with E-state index >= 15 is 0 Å². The molecule has 3 aromatic rings. The smallest absolute Gasteiger partial charge is 0.258 e.